The summed E-state index contributed by atoms with van der Waals surface area (Å²) in [6.07, 6.45) is 0. The number of carbonyl (C=O) groups excluding carboxylic acids is 1. The molecule has 0 aliphatic heterocycles. The minimum absolute atomic E-state index is 0.00149. The fourth-order valence-electron chi connectivity index (χ4n) is 1.77. The molecule has 0 aromatic heterocycles. The molecule has 0 aliphatic rings. The van der Waals surface area contributed by atoms with Crippen LogP contribution in [0.25, 0.3) is 0 Å². The van der Waals surface area contributed by atoms with E-state index in [1.165, 1.54) is 0 Å². The van der Waals surface area contributed by atoms with E-state index in [9.17, 15) is 4.79 Å². The Balaban J connectivity index is 2.95. The molecule has 0 saturated heterocycles. The third kappa shape index (κ3) is 4.18. The Bertz CT molecular complexity index is 490. The zero-order chi connectivity index (χ0) is 14.6. The number of hydrogen-bond acceptors (Lipinski definition) is 2. The maximum Gasteiger partial charge on any atom is 0.254 e. The van der Waals surface area contributed by atoms with E-state index in [1.54, 1.807) is 17.0 Å². The Morgan fingerprint density at radius 1 is 1.53 bits per heavy atom. The lowest BCUT2D eigenvalue weighted by Crippen LogP contribution is -2.38. The number of hydrogen-bond donors (Lipinski definition) is 1. The van der Waals surface area contributed by atoms with Crippen molar-refractivity contribution in [2.45, 2.75) is 20.8 Å². The summed E-state index contributed by atoms with van der Waals surface area (Å²) in [6.45, 7) is 6.88. The van der Waals surface area contributed by atoms with E-state index in [4.69, 9.17) is 29.6 Å². The predicted molar refractivity (Wildman–Crippen MR) is 83.7 cm³/mol. The molecule has 0 spiro atoms. The fourth-order valence-corrected chi connectivity index (χ4v) is 2.02. The molecule has 19 heavy (non-hydrogen) atoms. The zero-order valence-electron chi connectivity index (χ0n) is 11.4. The van der Waals surface area contributed by atoms with Crippen LogP contribution in [-0.4, -0.2) is 28.9 Å². The first-order valence-electron chi connectivity index (χ1n) is 6.21. The van der Waals surface area contributed by atoms with E-state index in [0.29, 0.717) is 28.7 Å². The Labute approximate surface area is 124 Å². The second kappa shape index (κ2) is 6.87. The second-order valence-electron chi connectivity index (χ2n) is 4.61. The van der Waals surface area contributed by atoms with Crippen molar-refractivity contribution >= 4 is 34.7 Å². The van der Waals surface area contributed by atoms with E-state index < -0.39 is 0 Å². The Morgan fingerprint density at radius 3 is 2.68 bits per heavy atom. The molecule has 2 N–H and O–H groups in total. The number of benzene rings is 1. The van der Waals surface area contributed by atoms with Gasteiger partial charge in [-0.2, -0.15) is 0 Å². The molecule has 0 fully saturated rings. The highest BCUT2D eigenvalue weighted by Crippen LogP contribution is 2.18. The van der Waals surface area contributed by atoms with Crippen LogP contribution >= 0.6 is 23.8 Å². The summed E-state index contributed by atoms with van der Waals surface area (Å²) in [7, 11) is 0. The molecule has 0 saturated carbocycles. The molecule has 3 nitrogen and oxygen atoms in total. The van der Waals surface area contributed by atoms with Crippen LogP contribution in [0.4, 0.5) is 0 Å². The van der Waals surface area contributed by atoms with Crippen molar-refractivity contribution in [1.82, 2.24) is 4.90 Å². The summed E-state index contributed by atoms with van der Waals surface area (Å²) < 4.78 is 0. The molecule has 0 bridgehead atoms. The molecular weight excluding hydrogens is 280 g/mol. The van der Waals surface area contributed by atoms with Gasteiger partial charge in [-0.25, -0.2) is 0 Å². The summed E-state index contributed by atoms with van der Waals surface area (Å²) >= 11 is 10.9. The van der Waals surface area contributed by atoms with Gasteiger partial charge in [0.1, 0.15) is 0 Å². The van der Waals surface area contributed by atoms with Crippen LogP contribution in [0.3, 0.4) is 0 Å². The number of carbonyl (C=O) groups is 1. The predicted octanol–water partition coefficient (Wildman–Crippen LogP) is 3.03. The highest BCUT2D eigenvalue weighted by atomic mass is 35.5. The van der Waals surface area contributed by atoms with Gasteiger partial charge in [-0.05, 0) is 31.5 Å². The van der Waals surface area contributed by atoms with Crippen LogP contribution in [0, 0.1) is 12.8 Å². The molecule has 1 aromatic rings. The number of rotatable bonds is 5. The van der Waals surface area contributed by atoms with Gasteiger partial charge >= 0.3 is 0 Å². The van der Waals surface area contributed by atoms with Crippen LogP contribution in [0.1, 0.15) is 29.8 Å². The van der Waals surface area contributed by atoms with Gasteiger partial charge in [0.15, 0.2) is 0 Å². The topological polar surface area (TPSA) is 46.3 Å². The molecule has 1 atom stereocenters. The fraction of sp³-hybridized carbons (Fsp3) is 0.429. The van der Waals surface area contributed by atoms with Gasteiger partial charge in [0.05, 0.1) is 4.99 Å². The standard InChI is InChI=1S/C14H19ClN2OS/c1-4-17(8-10(3)13(16)19)14(18)12-7-11(15)6-5-9(12)2/h5-7,10H,4,8H2,1-3H3,(H2,16,19). The number of halogens is 1. The SMILES string of the molecule is CCN(CC(C)C(N)=S)C(=O)c1cc(Cl)ccc1C. The minimum atomic E-state index is -0.0365. The van der Waals surface area contributed by atoms with Gasteiger partial charge in [0, 0.05) is 29.6 Å². The minimum Gasteiger partial charge on any atom is -0.393 e. The van der Waals surface area contributed by atoms with Gasteiger partial charge < -0.3 is 10.6 Å². The molecule has 1 amide bonds. The van der Waals surface area contributed by atoms with Gasteiger partial charge in [0.2, 0.25) is 0 Å². The van der Waals surface area contributed by atoms with E-state index in [1.807, 2.05) is 26.8 Å². The lowest BCUT2D eigenvalue weighted by Gasteiger charge is -2.25. The van der Waals surface area contributed by atoms with Crippen LogP contribution in [0.5, 0.6) is 0 Å². The lowest BCUT2D eigenvalue weighted by molar-refractivity contribution is 0.0754. The van der Waals surface area contributed by atoms with Crippen molar-refractivity contribution in [2.75, 3.05) is 13.1 Å². The Morgan fingerprint density at radius 2 is 2.16 bits per heavy atom. The van der Waals surface area contributed by atoms with Gasteiger partial charge in [-0.15, -0.1) is 0 Å². The van der Waals surface area contributed by atoms with Gasteiger partial charge in [-0.3, -0.25) is 4.79 Å². The van der Waals surface area contributed by atoms with Crippen molar-refractivity contribution in [1.29, 1.82) is 0 Å². The smallest absolute Gasteiger partial charge is 0.254 e. The second-order valence-corrected chi connectivity index (χ2v) is 5.51. The van der Waals surface area contributed by atoms with Crippen LogP contribution in [-0.2, 0) is 0 Å². The zero-order valence-corrected chi connectivity index (χ0v) is 13.0. The first kappa shape index (κ1) is 15.9. The average molecular weight is 299 g/mol. The largest absolute Gasteiger partial charge is 0.393 e. The molecule has 104 valence electrons. The molecule has 0 heterocycles. The highest BCUT2D eigenvalue weighted by molar-refractivity contribution is 7.80. The van der Waals surface area contributed by atoms with Crippen molar-refractivity contribution < 1.29 is 4.79 Å². The highest BCUT2D eigenvalue weighted by Gasteiger charge is 2.19. The number of nitrogens with two attached hydrogens (primary N) is 1. The first-order chi connectivity index (χ1) is 8.86. The van der Waals surface area contributed by atoms with E-state index in [2.05, 4.69) is 0 Å². The molecule has 5 heteroatoms. The van der Waals surface area contributed by atoms with Crippen molar-refractivity contribution in [2.24, 2.45) is 11.7 Å². The Hall–Kier alpha value is -1.13. The first-order valence-corrected chi connectivity index (χ1v) is 7.00. The summed E-state index contributed by atoms with van der Waals surface area (Å²) in [5.41, 5.74) is 7.15. The lowest BCUT2D eigenvalue weighted by atomic mass is 10.1. The number of aryl methyl sites for hydroxylation is 1. The number of thiocarbonyl (C=S) groups is 1. The van der Waals surface area contributed by atoms with Gasteiger partial charge in [-0.1, -0.05) is 36.8 Å². The maximum absolute atomic E-state index is 12.5. The summed E-state index contributed by atoms with van der Waals surface area (Å²) in [5.74, 6) is -0.0380. The van der Waals surface area contributed by atoms with Crippen molar-refractivity contribution in [3.8, 4) is 0 Å². The monoisotopic (exact) mass is 298 g/mol. The average Bonchev–Trinajstić information content (AvgIpc) is 2.37. The van der Waals surface area contributed by atoms with Crippen molar-refractivity contribution in [3.05, 3.63) is 34.3 Å². The summed E-state index contributed by atoms with van der Waals surface area (Å²) in [6, 6.07) is 5.33. The quantitative estimate of drug-likeness (QED) is 0.850. The third-order valence-corrected chi connectivity index (χ3v) is 3.72. The molecule has 1 unspecified atom stereocenters. The summed E-state index contributed by atoms with van der Waals surface area (Å²) in [4.78, 5) is 14.7. The Kier molecular flexibility index (Phi) is 5.76. The van der Waals surface area contributed by atoms with Crippen LogP contribution in [0.15, 0.2) is 18.2 Å². The molecule has 0 radical (unpaired) electrons. The number of nitrogens with zero attached hydrogens (tertiary/aromatic N) is 1. The van der Waals surface area contributed by atoms with E-state index in [0.717, 1.165) is 5.56 Å². The van der Waals surface area contributed by atoms with Crippen molar-refractivity contribution in [3.63, 3.8) is 0 Å². The molecule has 1 rings (SSSR count). The molecular formula is C14H19ClN2OS. The third-order valence-electron chi connectivity index (χ3n) is 3.08. The van der Waals surface area contributed by atoms with E-state index in [-0.39, 0.29) is 11.8 Å². The normalized spacial score (nSPS) is 12.0. The summed E-state index contributed by atoms with van der Waals surface area (Å²) in [5, 5.41) is 0.562. The molecule has 0 aliphatic carbocycles. The van der Waals surface area contributed by atoms with Gasteiger partial charge in [0.25, 0.3) is 5.91 Å². The van der Waals surface area contributed by atoms with Crippen LogP contribution < -0.4 is 5.73 Å². The maximum atomic E-state index is 12.5. The molecule has 1 aromatic carbocycles. The number of amides is 1. The van der Waals surface area contributed by atoms with Crippen LogP contribution in [0.2, 0.25) is 5.02 Å². The van der Waals surface area contributed by atoms with E-state index >= 15 is 0 Å².